The molecule has 2 bridgehead atoms. The topological polar surface area (TPSA) is 119 Å². The summed E-state index contributed by atoms with van der Waals surface area (Å²) in [5.74, 6) is 0.930. The Bertz CT molecular complexity index is 918. The average molecular weight is 454 g/mol. The fourth-order valence-corrected chi connectivity index (χ4v) is 7.38. The predicted octanol–water partition coefficient (Wildman–Crippen LogP) is 0.130. The molecule has 2 N–H and O–H groups in total. The largest absolute Gasteiger partial charge is 0.395 e. The lowest BCUT2D eigenvalue weighted by Gasteiger charge is -2.44. The SMILES string of the molecule is CN1CCN(S(=O)(=O)N2[C@@H]3CC[C@H]2CC(NC(=O)c2cc(C4CC4)on2)C3)CC1CO. The number of aromatic nitrogens is 1. The zero-order valence-electron chi connectivity index (χ0n) is 17.8. The van der Waals surface area contributed by atoms with Gasteiger partial charge in [0.1, 0.15) is 5.76 Å². The van der Waals surface area contributed by atoms with E-state index in [0.29, 0.717) is 44.1 Å². The van der Waals surface area contributed by atoms with Crippen LogP contribution in [0.1, 0.15) is 60.7 Å². The Morgan fingerprint density at radius 3 is 2.58 bits per heavy atom. The molecule has 11 heteroatoms. The van der Waals surface area contributed by atoms with Crippen LogP contribution in [0.2, 0.25) is 0 Å². The molecule has 0 radical (unpaired) electrons. The first-order chi connectivity index (χ1) is 14.9. The molecule has 1 aromatic heterocycles. The van der Waals surface area contributed by atoms with Crippen LogP contribution in [-0.4, -0.2) is 95.6 Å². The molecule has 172 valence electrons. The fraction of sp³-hybridized carbons (Fsp3) is 0.800. The number of carbonyl (C=O) groups excluding carboxylic acids is 1. The molecule has 2 unspecified atom stereocenters. The third-order valence-corrected chi connectivity index (χ3v) is 9.40. The number of piperazine rings is 1. The third-order valence-electron chi connectivity index (χ3n) is 7.29. The number of likely N-dealkylation sites (N-methyl/N-ethyl adjacent to an activating group) is 1. The van der Waals surface area contributed by atoms with Crippen LogP contribution in [0.4, 0.5) is 0 Å². The minimum atomic E-state index is -3.60. The Morgan fingerprint density at radius 2 is 1.94 bits per heavy atom. The lowest BCUT2D eigenvalue weighted by atomic mass is 9.99. The number of nitrogens with one attached hydrogen (secondary N) is 1. The quantitative estimate of drug-likeness (QED) is 0.628. The van der Waals surface area contributed by atoms with E-state index in [1.165, 1.54) is 4.31 Å². The molecule has 4 aliphatic rings. The number of rotatable bonds is 6. The summed E-state index contributed by atoms with van der Waals surface area (Å²) in [7, 11) is -1.69. The zero-order chi connectivity index (χ0) is 21.8. The molecule has 1 amide bonds. The van der Waals surface area contributed by atoms with Gasteiger partial charge in [-0.3, -0.25) is 9.69 Å². The van der Waals surface area contributed by atoms with Crippen molar-refractivity contribution in [3.63, 3.8) is 0 Å². The number of aliphatic hydroxyl groups is 1. The van der Waals surface area contributed by atoms with E-state index in [-0.39, 0.29) is 36.7 Å². The second kappa shape index (κ2) is 8.11. The van der Waals surface area contributed by atoms with Gasteiger partial charge in [-0.2, -0.15) is 17.0 Å². The smallest absolute Gasteiger partial charge is 0.282 e. The van der Waals surface area contributed by atoms with Crippen LogP contribution in [0.3, 0.4) is 0 Å². The number of hydrogen-bond donors (Lipinski definition) is 2. The Kier molecular flexibility index (Phi) is 5.58. The van der Waals surface area contributed by atoms with Gasteiger partial charge in [-0.1, -0.05) is 5.16 Å². The third kappa shape index (κ3) is 4.02. The molecule has 4 fully saturated rings. The normalized spacial score (nSPS) is 33.0. The van der Waals surface area contributed by atoms with Crippen molar-refractivity contribution in [2.24, 2.45) is 0 Å². The minimum Gasteiger partial charge on any atom is -0.395 e. The van der Waals surface area contributed by atoms with E-state index in [0.717, 1.165) is 31.4 Å². The van der Waals surface area contributed by atoms with E-state index in [2.05, 4.69) is 10.5 Å². The highest BCUT2D eigenvalue weighted by Gasteiger charge is 2.49. The summed E-state index contributed by atoms with van der Waals surface area (Å²) in [6.45, 7) is 1.28. The Balaban J connectivity index is 1.23. The minimum absolute atomic E-state index is 0.0615. The highest BCUT2D eigenvalue weighted by atomic mass is 32.2. The van der Waals surface area contributed by atoms with Gasteiger partial charge in [0, 0.05) is 55.8 Å². The maximum absolute atomic E-state index is 13.4. The number of piperidine rings is 1. The van der Waals surface area contributed by atoms with Gasteiger partial charge in [0.15, 0.2) is 5.69 Å². The summed E-state index contributed by atoms with van der Waals surface area (Å²) in [5.41, 5.74) is 0.303. The lowest BCUT2D eigenvalue weighted by Crippen LogP contribution is -2.61. The number of hydrogen-bond acceptors (Lipinski definition) is 7. The molecule has 31 heavy (non-hydrogen) atoms. The van der Waals surface area contributed by atoms with Gasteiger partial charge in [0.25, 0.3) is 16.1 Å². The molecule has 10 nitrogen and oxygen atoms in total. The molecular weight excluding hydrogens is 422 g/mol. The molecule has 0 aromatic carbocycles. The first kappa shape index (κ1) is 21.3. The molecule has 3 saturated heterocycles. The highest BCUT2D eigenvalue weighted by molar-refractivity contribution is 7.86. The van der Waals surface area contributed by atoms with Crippen LogP contribution in [0, 0.1) is 0 Å². The molecule has 4 atom stereocenters. The number of aliphatic hydroxyl groups excluding tert-OH is 1. The van der Waals surface area contributed by atoms with Crippen LogP contribution in [-0.2, 0) is 10.2 Å². The molecule has 5 rings (SSSR count). The Morgan fingerprint density at radius 1 is 1.23 bits per heavy atom. The van der Waals surface area contributed by atoms with Crippen molar-refractivity contribution >= 4 is 16.1 Å². The summed E-state index contributed by atoms with van der Waals surface area (Å²) in [4.78, 5) is 14.6. The number of amides is 1. The van der Waals surface area contributed by atoms with Gasteiger partial charge < -0.3 is 14.9 Å². The number of carbonyl (C=O) groups is 1. The molecule has 1 saturated carbocycles. The Labute approximate surface area is 182 Å². The van der Waals surface area contributed by atoms with E-state index in [9.17, 15) is 18.3 Å². The number of nitrogens with zero attached hydrogens (tertiary/aromatic N) is 4. The van der Waals surface area contributed by atoms with Gasteiger partial charge in [0.2, 0.25) is 0 Å². The zero-order valence-corrected chi connectivity index (χ0v) is 18.6. The van der Waals surface area contributed by atoms with Crippen LogP contribution < -0.4 is 5.32 Å². The van der Waals surface area contributed by atoms with Gasteiger partial charge in [-0.15, -0.1) is 0 Å². The van der Waals surface area contributed by atoms with Crippen molar-refractivity contribution in [3.8, 4) is 0 Å². The van der Waals surface area contributed by atoms with Crippen LogP contribution >= 0.6 is 0 Å². The van der Waals surface area contributed by atoms with Crippen molar-refractivity contribution < 1.29 is 22.8 Å². The second-order valence-corrected chi connectivity index (χ2v) is 11.3. The molecular formula is C20H31N5O5S. The second-order valence-electron chi connectivity index (χ2n) is 9.43. The first-order valence-electron chi connectivity index (χ1n) is 11.2. The predicted molar refractivity (Wildman–Crippen MR) is 112 cm³/mol. The fourth-order valence-electron chi connectivity index (χ4n) is 5.30. The maximum atomic E-state index is 13.4. The van der Waals surface area contributed by atoms with Crippen molar-refractivity contribution in [2.75, 3.05) is 33.3 Å². The maximum Gasteiger partial charge on any atom is 0.282 e. The number of fused-ring (bicyclic) bond motifs is 2. The average Bonchev–Trinajstić information content (AvgIpc) is 3.40. The van der Waals surface area contributed by atoms with Crippen LogP contribution in [0.15, 0.2) is 10.6 Å². The monoisotopic (exact) mass is 453 g/mol. The summed E-state index contributed by atoms with van der Waals surface area (Å²) in [6, 6.07) is 1.25. The summed E-state index contributed by atoms with van der Waals surface area (Å²) in [5, 5.41) is 16.5. The first-order valence-corrected chi connectivity index (χ1v) is 12.6. The van der Waals surface area contributed by atoms with E-state index in [1.807, 2.05) is 11.9 Å². The summed E-state index contributed by atoms with van der Waals surface area (Å²) in [6.07, 6.45) is 4.99. The molecule has 0 spiro atoms. The standard InChI is InChI=1S/C20H31N5O5S/c1-23-6-7-24(11-17(23)12-26)31(28,29)25-15-4-5-16(25)9-14(8-15)21-20(27)18-10-19(30-22-18)13-2-3-13/h10,13-17,26H,2-9,11-12H2,1H3,(H,21,27)/t14?,15-,16+,17?. The van der Waals surface area contributed by atoms with Crippen molar-refractivity contribution in [1.29, 1.82) is 0 Å². The van der Waals surface area contributed by atoms with Crippen molar-refractivity contribution in [1.82, 2.24) is 24.0 Å². The van der Waals surface area contributed by atoms with Crippen LogP contribution in [0.5, 0.6) is 0 Å². The van der Waals surface area contributed by atoms with E-state index < -0.39 is 10.2 Å². The Hall–Kier alpha value is -1.53. The van der Waals surface area contributed by atoms with E-state index in [4.69, 9.17) is 4.52 Å². The molecule has 1 aromatic rings. The van der Waals surface area contributed by atoms with Crippen molar-refractivity contribution in [2.45, 2.75) is 68.6 Å². The van der Waals surface area contributed by atoms with Crippen LogP contribution in [0.25, 0.3) is 0 Å². The van der Waals surface area contributed by atoms with Crippen molar-refractivity contribution in [3.05, 3.63) is 17.5 Å². The van der Waals surface area contributed by atoms with Gasteiger partial charge in [0.05, 0.1) is 6.61 Å². The van der Waals surface area contributed by atoms with E-state index >= 15 is 0 Å². The van der Waals surface area contributed by atoms with Gasteiger partial charge >= 0.3 is 0 Å². The molecule has 4 heterocycles. The lowest BCUT2D eigenvalue weighted by molar-refractivity contribution is 0.0840. The highest BCUT2D eigenvalue weighted by Crippen LogP contribution is 2.41. The summed E-state index contributed by atoms with van der Waals surface area (Å²) < 4.78 is 35.3. The molecule has 1 aliphatic carbocycles. The summed E-state index contributed by atoms with van der Waals surface area (Å²) >= 11 is 0. The van der Waals surface area contributed by atoms with Gasteiger partial charge in [-0.25, -0.2) is 0 Å². The van der Waals surface area contributed by atoms with E-state index in [1.54, 1.807) is 10.4 Å². The van der Waals surface area contributed by atoms with Gasteiger partial charge in [-0.05, 0) is 45.6 Å². The molecule has 3 aliphatic heterocycles.